The summed E-state index contributed by atoms with van der Waals surface area (Å²) in [7, 11) is 0. The predicted molar refractivity (Wildman–Crippen MR) is 185 cm³/mol. The molecule has 0 aliphatic heterocycles. The summed E-state index contributed by atoms with van der Waals surface area (Å²) in [6.07, 6.45) is 2.03. The van der Waals surface area contributed by atoms with E-state index in [1.807, 2.05) is 67.6 Å². The van der Waals surface area contributed by atoms with Gasteiger partial charge < -0.3 is 29.6 Å². The number of phenols is 1. The molecule has 0 aliphatic rings. The number of carbonyl (C=O) groups is 4. The van der Waals surface area contributed by atoms with Crippen LogP contribution in [-0.2, 0) is 32.2 Å². The lowest BCUT2D eigenvalue weighted by atomic mass is 9.90. The number of hydroxylamine groups is 2. The Kier molecular flexibility index (Phi) is 14.0. The Hall–Kier alpha value is -5.62. The minimum atomic E-state index is -0.737. The Morgan fingerprint density at radius 2 is 1.60 bits per heavy atom. The van der Waals surface area contributed by atoms with Crippen molar-refractivity contribution in [3.63, 3.8) is 0 Å². The Labute approximate surface area is 291 Å². The summed E-state index contributed by atoms with van der Waals surface area (Å²) in [5.41, 5.74) is 1.94. The summed E-state index contributed by atoms with van der Waals surface area (Å²) in [5, 5.41) is 17.5. The van der Waals surface area contributed by atoms with Gasteiger partial charge in [-0.25, -0.2) is 9.86 Å². The van der Waals surface area contributed by atoms with E-state index in [2.05, 4.69) is 10.6 Å². The van der Waals surface area contributed by atoms with Gasteiger partial charge in [-0.2, -0.15) is 0 Å². The largest absolute Gasteiger partial charge is 0.506 e. The van der Waals surface area contributed by atoms with E-state index in [9.17, 15) is 24.3 Å². The van der Waals surface area contributed by atoms with Crippen molar-refractivity contribution in [2.45, 2.75) is 52.7 Å². The highest BCUT2D eigenvalue weighted by Gasteiger charge is 2.32. The number of rotatable bonds is 19. The topological polar surface area (TPSA) is 157 Å². The van der Waals surface area contributed by atoms with E-state index in [0.717, 1.165) is 11.1 Å². The molecule has 0 bridgehead atoms. The van der Waals surface area contributed by atoms with Gasteiger partial charge in [0, 0.05) is 0 Å². The lowest BCUT2D eigenvalue weighted by Crippen LogP contribution is -2.48. The smallest absolute Gasteiger partial charge is 0.342 e. The summed E-state index contributed by atoms with van der Waals surface area (Å²) in [4.78, 5) is 57.2. The van der Waals surface area contributed by atoms with Crippen LogP contribution in [0.25, 0.3) is 11.3 Å². The molecule has 4 rings (SSSR count). The van der Waals surface area contributed by atoms with Crippen LogP contribution in [0.5, 0.6) is 11.5 Å². The molecule has 1 heterocycles. The molecule has 2 atom stereocenters. The first-order chi connectivity index (χ1) is 24.3. The monoisotopic (exact) mass is 685 g/mol. The van der Waals surface area contributed by atoms with E-state index in [-0.39, 0.29) is 54.2 Å². The number of aromatic hydroxyl groups is 1. The van der Waals surface area contributed by atoms with Crippen LogP contribution in [0.15, 0.2) is 89.3 Å². The summed E-state index contributed by atoms with van der Waals surface area (Å²) in [6.45, 7) is 5.65. The molecule has 0 fully saturated rings. The lowest BCUT2D eigenvalue weighted by Gasteiger charge is -2.32. The fraction of sp³-hybridized carbons (Fsp3) is 0.316. The average molecular weight is 686 g/mol. The van der Waals surface area contributed by atoms with Crippen molar-refractivity contribution < 1.29 is 43.0 Å². The number of esters is 1. The first kappa shape index (κ1) is 37.2. The maximum atomic E-state index is 13.7. The molecule has 0 spiro atoms. The fourth-order valence-corrected chi connectivity index (χ4v) is 5.48. The highest BCUT2D eigenvalue weighted by atomic mass is 16.7. The molecule has 3 N–H and O–H groups in total. The molecule has 3 amide bonds. The lowest BCUT2D eigenvalue weighted by molar-refractivity contribution is -0.200. The Morgan fingerprint density at radius 1 is 0.900 bits per heavy atom. The van der Waals surface area contributed by atoms with Crippen molar-refractivity contribution >= 4 is 24.2 Å². The van der Waals surface area contributed by atoms with E-state index in [1.54, 1.807) is 13.8 Å². The van der Waals surface area contributed by atoms with Crippen molar-refractivity contribution in [2.24, 2.45) is 5.92 Å². The van der Waals surface area contributed by atoms with Crippen molar-refractivity contribution in [1.82, 2.24) is 15.7 Å². The molecule has 50 heavy (non-hydrogen) atoms. The van der Waals surface area contributed by atoms with E-state index >= 15 is 0 Å². The molecule has 0 saturated heterocycles. The zero-order chi connectivity index (χ0) is 35.9. The van der Waals surface area contributed by atoms with E-state index in [1.165, 1.54) is 29.3 Å². The van der Waals surface area contributed by atoms with Gasteiger partial charge >= 0.3 is 5.97 Å². The van der Waals surface area contributed by atoms with Crippen LogP contribution in [-0.4, -0.2) is 60.3 Å². The van der Waals surface area contributed by atoms with Crippen LogP contribution in [0.3, 0.4) is 0 Å². The third-order valence-corrected chi connectivity index (χ3v) is 7.96. The average Bonchev–Trinajstić information content (AvgIpc) is 3.63. The van der Waals surface area contributed by atoms with Gasteiger partial charge in [0.25, 0.3) is 5.91 Å². The second-order valence-electron chi connectivity index (χ2n) is 11.2. The minimum absolute atomic E-state index is 0.0957. The molecule has 3 aromatic carbocycles. The maximum absolute atomic E-state index is 13.7. The van der Waals surface area contributed by atoms with Crippen molar-refractivity contribution in [1.29, 1.82) is 0 Å². The summed E-state index contributed by atoms with van der Waals surface area (Å²) >= 11 is 0. The predicted octanol–water partition coefficient (Wildman–Crippen LogP) is 5.65. The molecule has 1 aromatic heterocycles. The molecule has 0 aliphatic carbocycles. The van der Waals surface area contributed by atoms with Crippen LogP contribution < -0.4 is 15.4 Å². The molecular weight excluding hydrogens is 642 g/mol. The number of carbonyl (C=O) groups excluding carboxylic acids is 4. The summed E-state index contributed by atoms with van der Waals surface area (Å²) in [5.74, 6) is -2.46. The van der Waals surface area contributed by atoms with Gasteiger partial charge in [0.15, 0.2) is 5.76 Å². The van der Waals surface area contributed by atoms with Crippen LogP contribution in [0.1, 0.15) is 65.7 Å². The summed E-state index contributed by atoms with van der Waals surface area (Å²) < 4.78 is 16.4. The van der Waals surface area contributed by atoms with E-state index < -0.39 is 23.8 Å². The summed E-state index contributed by atoms with van der Waals surface area (Å²) in [6, 6.07) is 24.3. The third kappa shape index (κ3) is 9.95. The Bertz CT molecular complexity index is 1710. The number of furan rings is 1. The van der Waals surface area contributed by atoms with Gasteiger partial charge in [-0.05, 0) is 68.5 Å². The fourth-order valence-electron chi connectivity index (χ4n) is 5.48. The molecule has 264 valence electrons. The van der Waals surface area contributed by atoms with Crippen LogP contribution in [0.2, 0.25) is 0 Å². The number of ether oxygens (including phenoxy) is 2. The Balaban J connectivity index is 1.45. The Morgan fingerprint density at radius 3 is 2.24 bits per heavy atom. The zero-order valence-electron chi connectivity index (χ0n) is 28.4. The van der Waals surface area contributed by atoms with Gasteiger partial charge in [0.1, 0.15) is 29.4 Å². The molecular formula is C38H43N3O9. The molecule has 0 saturated carbocycles. The van der Waals surface area contributed by atoms with Gasteiger partial charge in [-0.1, -0.05) is 67.6 Å². The molecule has 12 nitrogen and oxygen atoms in total. The highest BCUT2D eigenvalue weighted by molar-refractivity contribution is 5.96. The van der Waals surface area contributed by atoms with Crippen LogP contribution >= 0.6 is 0 Å². The number of benzene rings is 3. The highest BCUT2D eigenvalue weighted by Crippen LogP contribution is 2.37. The number of hydrogen-bond donors (Lipinski definition) is 3. The van der Waals surface area contributed by atoms with Crippen molar-refractivity contribution in [3.8, 4) is 22.8 Å². The van der Waals surface area contributed by atoms with Crippen LogP contribution in [0, 0.1) is 5.92 Å². The normalized spacial score (nSPS) is 12.0. The van der Waals surface area contributed by atoms with Gasteiger partial charge in [-0.3, -0.25) is 19.2 Å². The molecule has 4 aromatic rings. The SMILES string of the molecule is CCOC(=O)c1cc(OCC)cc(-c2ccc(C(=O)NCNC(=O)[C@H](CCc3ccccc3)[C@@H](CC)N(C=O)OCc3ccccc3)o2)c1O. The number of nitrogens with zero attached hydrogens (tertiary/aromatic N) is 1. The minimum Gasteiger partial charge on any atom is -0.506 e. The second-order valence-corrected chi connectivity index (χ2v) is 11.2. The number of nitrogens with one attached hydrogen (secondary N) is 2. The second kappa shape index (κ2) is 18.8. The first-order valence-corrected chi connectivity index (χ1v) is 16.6. The third-order valence-electron chi connectivity index (χ3n) is 7.96. The number of hydrogen-bond acceptors (Lipinski definition) is 9. The number of amides is 3. The molecule has 12 heteroatoms. The molecule has 0 unspecified atom stereocenters. The number of phenolic OH excluding ortho intramolecular Hbond substituents is 1. The van der Waals surface area contributed by atoms with E-state index in [4.69, 9.17) is 18.7 Å². The van der Waals surface area contributed by atoms with Crippen molar-refractivity contribution in [3.05, 3.63) is 107 Å². The molecule has 0 radical (unpaired) electrons. The van der Waals surface area contributed by atoms with Gasteiger partial charge in [0.05, 0.1) is 37.4 Å². The van der Waals surface area contributed by atoms with Gasteiger partial charge in [-0.15, -0.1) is 0 Å². The maximum Gasteiger partial charge on any atom is 0.342 e. The standard InChI is InChI=1S/C38H43N3O9/c1-4-32(41(25-42)49-23-27-15-11-8-12-16-27)29(18-17-26-13-9-7-10-14-26)36(44)39-24-40-37(45)34-20-19-33(50-34)30-21-28(47-5-2)22-31(35(30)43)38(46)48-6-3/h7-16,19-22,25,29,32,43H,4-6,17-18,23-24H2,1-3H3,(H,39,44)(H,40,45)/t29-,32-/m1/s1. The number of aryl methyl sites for hydroxylation is 1. The zero-order valence-corrected chi connectivity index (χ0v) is 28.4. The van der Waals surface area contributed by atoms with Crippen molar-refractivity contribution in [2.75, 3.05) is 19.9 Å². The van der Waals surface area contributed by atoms with Crippen LogP contribution in [0.4, 0.5) is 0 Å². The van der Waals surface area contributed by atoms with Gasteiger partial charge in [0.2, 0.25) is 12.3 Å². The quantitative estimate of drug-likeness (QED) is 0.0491. The first-order valence-electron chi connectivity index (χ1n) is 16.6. The van der Waals surface area contributed by atoms with E-state index in [0.29, 0.717) is 38.0 Å².